The van der Waals surface area contributed by atoms with Crippen molar-refractivity contribution in [2.24, 2.45) is 10.8 Å². The number of hydrogen-bond donors (Lipinski definition) is 0. The molecule has 0 aliphatic carbocycles. The first kappa shape index (κ1) is 51.9. The van der Waals surface area contributed by atoms with E-state index in [1.54, 1.807) is 4.41 Å². The van der Waals surface area contributed by atoms with E-state index >= 15 is 0 Å². The maximum atomic E-state index is 4.28. The molecule has 4 aromatic carbocycles. The molecule has 0 N–H and O–H groups in total. The molecule has 0 bridgehead atoms. The Morgan fingerprint density at radius 1 is 0.439 bits per heavy atom. The molecule has 0 amide bonds. The van der Waals surface area contributed by atoms with Gasteiger partial charge in [0.25, 0.3) is 0 Å². The summed E-state index contributed by atoms with van der Waals surface area (Å²) < 4.78 is 14.9. The van der Waals surface area contributed by atoms with Crippen molar-refractivity contribution >= 4 is 66.6 Å². The van der Waals surface area contributed by atoms with Crippen LogP contribution < -0.4 is 15.1 Å². The Morgan fingerprint density at radius 2 is 0.682 bits per heavy atom. The summed E-state index contributed by atoms with van der Waals surface area (Å²) in [6.45, 7) is 52.3. The minimum absolute atomic E-state index is 0.0215. The molecule has 2 heterocycles. The fourth-order valence-electron chi connectivity index (χ4n) is 11.0. The van der Waals surface area contributed by atoms with Gasteiger partial charge >= 0.3 is 417 Å². The molecule has 2 aliphatic heterocycles. The monoisotopic (exact) mass is 1010 g/mol. The number of aryl methyl sites for hydroxylation is 8. The standard InChI is InChI=1S/C56H82B2Ge2N6/c1-37(2)61(38(3)4)57-63(50-41(9)27-23-28-42(50)10)59(64(57)51-43(11)29-24-30-44(51)12)49(35-36-55(17,18)19)54(56(20,21)22)60-65(52-45(13)31-25-32-46(52)14)58(62(39(5)6)40(7)8)66(60)53-47(15)33-26-34-48(53)16/h23-34,37-40H,1-22H3/b54-49-. The second-order valence-corrected chi connectivity index (χ2v) is 31.4. The molecule has 2 fully saturated rings. The predicted molar refractivity (Wildman–Crippen MR) is 295 cm³/mol. The molecule has 66 heavy (non-hydrogen) atoms. The zero-order valence-electron chi connectivity index (χ0n) is 45.1. The van der Waals surface area contributed by atoms with Crippen molar-refractivity contribution < 1.29 is 0 Å². The summed E-state index contributed by atoms with van der Waals surface area (Å²) in [7, 11) is 0.0583. The van der Waals surface area contributed by atoms with Crippen LogP contribution in [0.2, 0.25) is 0 Å². The molecular weight excluding hydrogens is 924 g/mol. The summed E-state index contributed by atoms with van der Waals surface area (Å²) in [5.41, 5.74) is 15.9. The molecule has 0 atom stereocenters. The van der Waals surface area contributed by atoms with Crippen LogP contribution in [-0.2, 0) is 0 Å². The van der Waals surface area contributed by atoms with E-state index < -0.39 is 29.6 Å². The normalized spacial score (nSPS) is 15.8. The van der Waals surface area contributed by atoms with E-state index in [1.165, 1.54) is 71.7 Å². The number of allylic oxidation sites excluding steroid dienone is 2. The van der Waals surface area contributed by atoms with Crippen LogP contribution in [0.5, 0.6) is 0 Å². The van der Waals surface area contributed by atoms with Gasteiger partial charge in [0.2, 0.25) is 0 Å². The van der Waals surface area contributed by atoms with Gasteiger partial charge in [-0.1, -0.05) is 0 Å². The summed E-state index contributed by atoms with van der Waals surface area (Å²) in [5.74, 6) is 8.27. The average Bonchev–Trinajstić information content (AvgIpc) is 3.17. The molecule has 350 valence electrons. The van der Waals surface area contributed by atoms with E-state index in [9.17, 15) is 0 Å². The van der Waals surface area contributed by atoms with E-state index in [1.807, 2.05) is 0 Å². The number of rotatable bonds is 12. The molecular formula is C56H82B2Ge2N6. The molecule has 2 radical (unpaired) electrons. The van der Waals surface area contributed by atoms with Gasteiger partial charge in [0.1, 0.15) is 0 Å². The van der Waals surface area contributed by atoms with Gasteiger partial charge in [-0.3, -0.25) is 0 Å². The third-order valence-corrected chi connectivity index (χ3v) is 27.0. The summed E-state index contributed by atoms with van der Waals surface area (Å²) in [4.78, 5) is 5.55. The van der Waals surface area contributed by atoms with Crippen LogP contribution in [0.4, 0.5) is 22.7 Å². The molecule has 0 unspecified atom stereocenters. The summed E-state index contributed by atoms with van der Waals surface area (Å²) in [5, 5.41) is 0. The number of anilines is 4. The summed E-state index contributed by atoms with van der Waals surface area (Å²) in [6, 6.07) is 29.0. The topological polar surface area (TPSA) is 19.4 Å². The van der Waals surface area contributed by atoms with Crippen LogP contribution in [0.15, 0.2) is 81.6 Å². The number of benzene rings is 4. The van der Waals surface area contributed by atoms with Crippen LogP contribution in [0, 0.1) is 78.1 Å². The van der Waals surface area contributed by atoms with Gasteiger partial charge in [0.05, 0.1) is 0 Å². The van der Waals surface area contributed by atoms with E-state index in [0.29, 0.717) is 24.2 Å². The number of nitrogens with zero attached hydrogens (tertiary/aromatic N) is 6. The van der Waals surface area contributed by atoms with Gasteiger partial charge in [-0.05, 0) is 0 Å². The van der Waals surface area contributed by atoms with Crippen molar-refractivity contribution in [3.63, 3.8) is 0 Å². The van der Waals surface area contributed by atoms with Gasteiger partial charge < -0.3 is 0 Å². The Kier molecular flexibility index (Phi) is 15.6. The van der Waals surface area contributed by atoms with Crippen LogP contribution in [0.3, 0.4) is 0 Å². The van der Waals surface area contributed by atoms with Crippen molar-refractivity contribution in [3.8, 4) is 11.8 Å². The molecule has 4 aromatic rings. The summed E-state index contributed by atoms with van der Waals surface area (Å²) in [6.07, 6.45) is 0. The molecule has 0 spiro atoms. The van der Waals surface area contributed by atoms with Crippen LogP contribution in [-0.4, -0.2) is 77.6 Å². The average molecular weight is 1010 g/mol. The third kappa shape index (κ3) is 9.72. The van der Waals surface area contributed by atoms with Gasteiger partial charge in [0.15, 0.2) is 0 Å². The van der Waals surface area contributed by atoms with E-state index in [-0.39, 0.29) is 25.1 Å². The van der Waals surface area contributed by atoms with Crippen molar-refractivity contribution in [1.29, 1.82) is 0 Å². The molecule has 2 saturated heterocycles. The van der Waals surface area contributed by atoms with Crippen molar-refractivity contribution in [1.82, 2.24) is 9.62 Å². The SMILES string of the molecule is Cc1cccc(C)c1[N]1B(N(C(C)C)C(C)C)[N](c2c(C)cccc2C)[Ge]1/[C](C#CC(C)(C)C)=[C](\[Ge]1[N](c2c(C)cccc2C)B(N(C(C)C)C(C)C)[N]1c1c(C)cccc1C)C(C)(C)C. The Bertz CT molecular complexity index is 2290. The first-order valence-corrected chi connectivity index (χ1v) is 30.6. The summed E-state index contributed by atoms with van der Waals surface area (Å²) >= 11 is -5.79. The Morgan fingerprint density at radius 3 is 0.894 bits per heavy atom. The molecule has 6 rings (SSSR count). The van der Waals surface area contributed by atoms with Crippen LogP contribution in [0.1, 0.15) is 141 Å². The second-order valence-electron chi connectivity index (χ2n) is 22.6. The predicted octanol–water partition coefficient (Wildman–Crippen LogP) is 13.2. The molecule has 2 aliphatic rings. The van der Waals surface area contributed by atoms with Crippen molar-refractivity contribution in [2.45, 2.75) is 176 Å². The number of hydrogen-bond acceptors (Lipinski definition) is 6. The van der Waals surface area contributed by atoms with E-state index in [0.717, 1.165) is 0 Å². The molecule has 0 aromatic heterocycles. The van der Waals surface area contributed by atoms with E-state index in [2.05, 4.69) is 262 Å². The fraction of sp³-hybridized carbons (Fsp3) is 0.500. The molecule has 0 saturated carbocycles. The van der Waals surface area contributed by atoms with Crippen LogP contribution in [0.25, 0.3) is 0 Å². The van der Waals surface area contributed by atoms with Crippen molar-refractivity contribution in [3.05, 3.63) is 126 Å². The van der Waals surface area contributed by atoms with E-state index in [4.69, 9.17) is 0 Å². The zero-order chi connectivity index (χ0) is 49.1. The van der Waals surface area contributed by atoms with Gasteiger partial charge in [-0.2, -0.15) is 0 Å². The molecule has 10 heteroatoms. The fourth-order valence-corrected chi connectivity index (χ4v) is 28.0. The third-order valence-electron chi connectivity index (χ3n) is 13.5. The quantitative estimate of drug-likeness (QED) is 0.103. The van der Waals surface area contributed by atoms with Gasteiger partial charge in [-0.25, -0.2) is 0 Å². The van der Waals surface area contributed by atoms with Crippen molar-refractivity contribution in [2.75, 3.05) is 15.1 Å². The Hall–Kier alpha value is -3.48. The maximum absolute atomic E-state index is 4.28. The number of para-hydroxylation sites is 4. The van der Waals surface area contributed by atoms with Gasteiger partial charge in [0, 0.05) is 0 Å². The second kappa shape index (κ2) is 19.9. The first-order chi connectivity index (χ1) is 30.7. The van der Waals surface area contributed by atoms with Crippen LogP contribution >= 0.6 is 0 Å². The minimum atomic E-state index is -2.92. The Balaban J connectivity index is 1.89. The van der Waals surface area contributed by atoms with Gasteiger partial charge in [-0.15, -0.1) is 0 Å². The first-order valence-electron chi connectivity index (χ1n) is 24.7. The Labute approximate surface area is 414 Å². The molecule has 6 nitrogen and oxygen atoms in total. The zero-order valence-corrected chi connectivity index (χ0v) is 49.3.